The summed E-state index contributed by atoms with van der Waals surface area (Å²) in [4.78, 5) is 18.6. The molecule has 0 bridgehead atoms. The van der Waals surface area contributed by atoms with Crippen molar-refractivity contribution in [1.82, 2.24) is 10.3 Å². The van der Waals surface area contributed by atoms with Gasteiger partial charge in [0.25, 0.3) is 0 Å². The Morgan fingerprint density at radius 2 is 1.84 bits per heavy atom. The van der Waals surface area contributed by atoms with E-state index in [-0.39, 0.29) is 17.9 Å². The summed E-state index contributed by atoms with van der Waals surface area (Å²) >= 11 is 0. The number of carbonyl (C=O) groups excluding carboxylic acids is 1. The average molecular weight is 435 g/mol. The average Bonchev–Trinajstić information content (AvgIpc) is 2.78. The van der Waals surface area contributed by atoms with Crippen LogP contribution in [0.15, 0.2) is 36.5 Å². The summed E-state index contributed by atoms with van der Waals surface area (Å²) in [7, 11) is 0. The van der Waals surface area contributed by atoms with Crippen LogP contribution in [0, 0.1) is 5.92 Å². The number of hydrogen-bond acceptors (Lipinski definition) is 5. The van der Waals surface area contributed by atoms with Crippen molar-refractivity contribution < 1.29 is 27.4 Å². The van der Waals surface area contributed by atoms with Crippen LogP contribution in [0.2, 0.25) is 0 Å². The van der Waals surface area contributed by atoms with E-state index < -0.39 is 11.7 Å². The van der Waals surface area contributed by atoms with Gasteiger partial charge in [-0.05, 0) is 49.6 Å². The Morgan fingerprint density at radius 3 is 2.48 bits per heavy atom. The second-order valence-corrected chi connectivity index (χ2v) is 7.80. The molecule has 166 valence electrons. The van der Waals surface area contributed by atoms with Gasteiger partial charge in [0.05, 0.1) is 11.6 Å². The van der Waals surface area contributed by atoms with E-state index in [9.17, 15) is 18.0 Å². The predicted molar refractivity (Wildman–Crippen MR) is 108 cm³/mol. The lowest BCUT2D eigenvalue weighted by Gasteiger charge is -2.32. The van der Waals surface area contributed by atoms with Gasteiger partial charge in [-0.25, -0.2) is 4.98 Å². The van der Waals surface area contributed by atoms with Crippen molar-refractivity contribution in [2.45, 2.75) is 32.0 Å². The molecule has 2 aliphatic rings. The van der Waals surface area contributed by atoms with Crippen molar-refractivity contribution in [1.29, 1.82) is 0 Å². The maximum Gasteiger partial charge on any atom is 0.417 e. The number of alkyl halides is 3. The highest BCUT2D eigenvalue weighted by Crippen LogP contribution is 2.33. The number of anilines is 1. The zero-order valence-corrected chi connectivity index (χ0v) is 17.1. The number of halogens is 3. The van der Waals surface area contributed by atoms with Gasteiger partial charge in [0.1, 0.15) is 19.0 Å². The van der Waals surface area contributed by atoms with E-state index >= 15 is 0 Å². The summed E-state index contributed by atoms with van der Waals surface area (Å²) in [6.07, 6.45) is -2.32. The molecule has 2 aliphatic heterocycles. The van der Waals surface area contributed by atoms with Crippen molar-refractivity contribution in [2.75, 3.05) is 31.2 Å². The number of rotatable bonds is 4. The summed E-state index contributed by atoms with van der Waals surface area (Å²) in [5, 5.41) is 3.06. The van der Waals surface area contributed by atoms with Gasteiger partial charge >= 0.3 is 6.18 Å². The summed E-state index contributed by atoms with van der Waals surface area (Å²) in [6.45, 7) is 4.08. The van der Waals surface area contributed by atoms with E-state index in [4.69, 9.17) is 9.47 Å². The van der Waals surface area contributed by atoms with Crippen LogP contribution in [0.1, 0.15) is 36.9 Å². The van der Waals surface area contributed by atoms with Crippen LogP contribution in [0.3, 0.4) is 0 Å². The Hall–Kier alpha value is -2.97. The van der Waals surface area contributed by atoms with E-state index in [2.05, 4.69) is 10.3 Å². The topological polar surface area (TPSA) is 63.7 Å². The van der Waals surface area contributed by atoms with Gasteiger partial charge in [-0.15, -0.1) is 0 Å². The van der Waals surface area contributed by atoms with Gasteiger partial charge in [0, 0.05) is 25.2 Å². The monoisotopic (exact) mass is 435 g/mol. The van der Waals surface area contributed by atoms with Gasteiger partial charge in [0.2, 0.25) is 5.91 Å². The lowest BCUT2D eigenvalue weighted by Crippen LogP contribution is -2.41. The highest BCUT2D eigenvalue weighted by Gasteiger charge is 2.31. The van der Waals surface area contributed by atoms with E-state index in [1.54, 1.807) is 0 Å². The molecule has 0 unspecified atom stereocenters. The molecule has 1 fully saturated rings. The number of benzene rings is 1. The number of pyridine rings is 1. The maximum atomic E-state index is 12.7. The fourth-order valence-corrected chi connectivity index (χ4v) is 3.86. The summed E-state index contributed by atoms with van der Waals surface area (Å²) < 4.78 is 49.2. The molecule has 1 amide bonds. The molecule has 0 saturated carbocycles. The Morgan fingerprint density at radius 1 is 1.13 bits per heavy atom. The van der Waals surface area contributed by atoms with Gasteiger partial charge in [-0.3, -0.25) is 4.79 Å². The van der Waals surface area contributed by atoms with Crippen LogP contribution in [-0.4, -0.2) is 37.2 Å². The molecule has 6 nitrogen and oxygen atoms in total. The summed E-state index contributed by atoms with van der Waals surface area (Å²) in [5.74, 6) is 1.71. The first-order valence-corrected chi connectivity index (χ1v) is 10.3. The highest BCUT2D eigenvalue weighted by atomic mass is 19.4. The Labute approximate surface area is 178 Å². The van der Waals surface area contributed by atoms with E-state index in [0.717, 1.165) is 17.8 Å². The zero-order valence-electron chi connectivity index (χ0n) is 17.1. The number of piperidine rings is 1. The molecule has 0 radical (unpaired) electrons. The standard InChI is InChI=1S/C22H24F3N3O3/c1-14(16-2-4-18-19(12-16)31-11-10-30-18)27-21(29)15-6-8-28(9-7-15)20-5-3-17(13-26-20)22(23,24)25/h2-5,12-15H,6-11H2,1H3,(H,27,29)/t14-/m0/s1. The fourth-order valence-electron chi connectivity index (χ4n) is 3.86. The smallest absolute Gasteiger partial charge is 0.417 e. The molecular formula is C22H24F3N3O3. The number of nitrogens with zero attached hydrogens (tertiary/aromatic N) is 2. The van der Waals surface area contributed by atoms with Gasteiger partial charge in [0.15, 0.2) is 11.5 Å². The molecule has 31 heavy (non-hydrogen) atoms. The lowest BCUT2D eigenvalue weighted by atomic mass is 9.95. The third-order valence-corrected chi connectivity index (χ3v) is 5.69. The lowest BCUT2D eigenvalue weighted by molar-refractivity contribution is -0.137. The highest BCUT2D eigenvalue weighted by molar-refractivity contribution is 5.79. The van der Waals surface area contributed by atoms with Crippen molar-refractivity contribution in [3.8, 4) is 11.5 Å². The van der Waals surface area contributed by atoms with E-state index in [1.165, 1.54) is 6.07 Å². The Kier molecular flexibility index (Phi) is 5.93. The first kappa shape index (κ1) is 21.3. The predicted octanol–water partition coefficient (Wildman–Crippen LogP) is 3.97. The number of amides is 1. The molecule has 0 spiro atoms. The molecule has 2 aromatic rings. The largest absolute Gasteiger partial charge is 0.486 e. The summed E-state index contributed by atoms with van der Waals surface area (Å²) in [6, 6.07) is 7.89. The summed E-state index contributed by atoms with van der Waals surface area (Å²) in [5.41, 5.74) is 0.169. The van der Waals surface area contributed by atoms with Gasteiger partial charge < -0.3 is 19.7 Å². The number of nitrogens with one attached hydrogen (secondary N) is 1. The Balaban J connectivity index is 1.31. The van der Waals surface area contributed by atoms with Crippen molar-refractivity contribution in [3.63, 3.8) is 0 Å². The maximum absolute atomic E-state index is 12.7. The molecule has 4 rings (SSSR count). The molecular weight excluding hydrogens is 411 g/mol. The molecule has 1 saturated heterocycles. The Bertz CT molecular complexity index is 926. The minimum atomic E-state index is -4.40. The first-order chi connectivity index (χ1) is 14.8. The number of carbonyl (C=O) groups is 1. The minimum absolute atomic E-state index is 0.0255. The molecule has 0 aliphatic carbocycles. The quantitative estimate of drug-likeness (QED) is 0.788. The number of hydrogen-bond donors (Lipinski definition) is 1. The molecule has 1 aromatic heterocycles. The van der Waals surface area contributed by atoms with Crippen LogP contribution in [0.4, 0.5) is 19.0 Å². The normalized spacial score (nSPS) is 17.9. The molecule has 9 heteroatoms. The van der Waals surface area contributed by atoms with Crippen LogP contribution >= 0.6 is 0 Å². The number of aromatic nitrogens is 1. The molecule has 1 N–H and O–H groups in total. The first-order valence-electron chi connectivity index (χ1n) is 10.3. The van der Waals surface area contributed by atoms with Crippen LogP contribution in [0.5, 0.6) is 11.5 Å². The van der Waals surface area contributed by atoms with E-state index in [1.807, 2.05) is 30.0 Å². The molecule has 3 heterocycles. The molecule has 1 aromatic carbocycles. The van der Waals surface area contributed by atoms with Gasteiger partial charge in [-0.2, -0.15) is 13.2 Å². The van der Waals surface area contributed by atoms with E-state index in [0.29, 0.717) is 56.5 Å². The second-order valence-electron chi connectivity index (χ2n) is 7.80. The van der Waals surface area contributed by atoms with Crippen molar-refractivity contribution in [2.24, 2.45) is 5.92 Å². The third kappa shape index (κ3) is 4.86. The SMILES string of the molecule is C[C@H](NC(=O)C1CCN(c2ccc(C(F)(F)F)cn2)CC1)c1ccc2c(c1)OCCO2. The van der Waals surface area contributed by atoms with Crippen LogP contribution in [-0.2, 0) is 11.0 Å². The molecule has 1 atom stereocenters. The minimum Gasteiger partial charge on any atom is -0.486 e. The van der Waals surface area contributed by atoms with Gasteiger partial charge in [-0.1, -0.05) is 6.07 Å². The second kappa shape index (κ2) is 8.64. The van der Waals surface area contributed by atoms with Crippen LogP contribution in [0.25, 0.3) is 0 Å². The zero-order chi connectivity index (χ0) is 22.0. The number of fused-ring (bicyclic) bond motifs is 1. The van der Waals surface area contributed by atoms with Crippen molar-refractivity contribution >= 4 is 11.7 Å². The third-order valence-electron chi connectivity index (χ3n) is 5.69. The fraction of sp³-hybridized carbons (Fsp3) is 0.455. The van der Waals surface area contributed by atoms with Crippen molar-refractivity contribution in [3.05, 3.63) is 47.7 Å². The number of ether oxygens (including phenoxy) is 2. The van der Waals surface area contributed by atoms with Crippen LogP contribution < -0.4 is 19.7 Å².